The number of nitrogens with one attached hydrogen (secondary N) is 1. The lowest BCUT2D eigenvalue weighted by Crippen LogP contribution is -2.28. The normalized spacial score (nSPS) is 18.2. The maximum atomic E-state index is 11.8. The molecule has 1 saturated heterocycles. The van der Waals surface area contributed by atoms with E-state index in [0.717, 1.165) is 5.56 Å². The molecule has 144 valence electrons. The molecular weight excluding hydrogens is 362 g/mol. The summed E-state index contributed by atoms with van der Waals surface area (Å²) in [6.07, 6.45) is 0.477. The zero-order chi connectivity index (χ0) is 19.2. The first-order chi connectivity index (χ1) is 12.3. The van der Waals surface area contributed by atoms with E-state index in [9.17, 15) is 18.0 Å². The number of hydrogen-bond acceptors (Lipinski definition) is 7. The number of methoxy groups -OCH3 is 2. The van der Waals surface area contributed by atoms with E-state index < -0.39 is 28.3 Å². The highest BCUT2D eigenvalue weighted by molar-refractivity contribution is 7.91. The van der Waals surface area contributed by atoms with Crippen molar-refractivity contribution in [3.05, 3.63) is 23.8 Å². The molecule has 1 fully saturated rings. The molecule has 1 N–H and O–H groups in total. The van der Waals surface area contributed by atoms with Gasteiger partial charge in [0.15, 0.2) is 27.9 Å². The SMILES string of the molecule is COc1ccc(CNC(=O)COC(=O)C[C@H]2CCS(=O)(=O)C2)cc1OC. The number of hydrogen-bond donors (Lipinski definition) is 1. The highest BCUT2D eigenvalue weighted by Gasteiger charge is 2.29. The molecule has 0 spiro atoms. The summed E-state index contributed by atoms with van der Waals surface area (Å²) in [5.74, 6) is 0.0372. The van der Waals surface area contributed by atoms with Gasteiger partial charge in [-0.15, -0.1) is 0 Å². The zero-order valence-corrected chi connectivity index (χ0v) is 15.6. The van der Waals surface area contributed by atoms with Crippen LogP contribution in [0.15, 0.2) is 18.2 Å². The van der Waals surface area contributed by atoms with Crippen LogP contribution in [0.5, 0.6) is 11.5 Å². The molecule has 8 nitrogen and oxygen atoms in total. The van der Waals surface area contributed by atoms with Crippen molar-refractivity contribution < 1.29 is 32.2 Å². The van der Waals surface area contributed by atoms with Crippen molar-refractivity contribution >= 4 is 21.7 Å². The van der Waals surface area contributed by atoms with E-state index in [1.165, 1.54) is 14.2 Å². The summed E-state index contributed by atoms with van der Waals surface area (Å²) in [5, 5.41) is 2.64. The van der Waals surface area contributed by atoms with Gasteiger partial charge in [-0.05, 0) is 30.0 Å². The second-order valence-electron chi connectivity index (χ2n) is 6.10. The largest absolute Gasteiger partial charge is 0.493 e. The summed E-state index contributed by atoms with van der Waals surface area (Å²) in [6, 6.07) is 5.26. The van der Waals surface area contributed by atoms with Crippen LogP contribution in [0.25, 0.3) is 0 Å². The summed E-state index contributed by atoms with van der Waals surface area (Å²) in [5.41, 5.74) is 0.804. The van der Waals surface area contributed by atoms with Gasteiger partial charge < -0.3 is 19.5 Å². The molecule has 1 aliphatic rings. The highest BCUT2D eigenvalue weighted by atomic mass is 32.2. The average Bonchev–Trinajstić information content (AvgIpc) is 2.96. The molecule has 9 heteroatoms. The third kappa shape index (κ3) is 5.91. The molecule has 1 aromatic rings. The fourth-order valence-electron chi connectivity index (χ4n) is 2.72. The van der Waals surface area contributed by atoms with E-state index in [4.69, 9.17) is 14.2 Å². The van der Waals surface area contributed by atoms with Crippen molar-refractivity contribution in [3.63, 3.8) is 0 Å². The Kier molecular flexibility index (Phi) is 6.84. The number of esters is 1. The molecule has 0 aromatic heterocycles. The monoisotopic (exact) mass is 385 g/mol. The van der Waals surface area contributed by atoms with Crippen molar-refractivity contribution in [1.29, 1.82) is 0 Å². The Morgan fingerprint density at radius 3 is 2.54 bits per heavy atom. The Bertz CT molecular complexity index is 760. The molecule has 26 heavy (non-hydrogen) atoms. The first kappa shape index (κ1) is 20.0. The van der Waals surface area contributed by atoms with Crippen molar-refractivity contribution in [1.82, 2.24) is 5.32 Å². The van der Waals surface area contributed by atoms with Gasteiger partial charge in [0.2, 0.25) is 0 Å². The van der Waals surface area contributed by atoms with Gasteiger partial charge in [0.05, 0.1) is 25.7 Å². The van der Waals surface area contributed by atoms with Crippen molar-refractivity contribution in [2.24, 2.45) is 5.92 Å². The Morgan fingerprint density at radius 2 is 1.92 bits per heavy atom. The maximum absolute atomic E-state index is 11.8. The Morgan fingerprint density at radius 1 is 1.19 bits per heavy atom. The predicted molar refractivity (Wildman–Crippen MR) is 93.7 cm³/mol. The predicted octanol–water partition coefficient (Wildman–Crippen LogP) is 0.688. The lowest BCUT2D eigenvalue weighted by atomic mass is 10.1. The first-order valence-corrected chi connectivity index (χ1v) is 9.98. The van der Waals surface area contributed by atoms with Crippen LogP contribution in [0.4, 0.5) is 0 Å². The molecule has 1 aliphatic heterocycles. The van der Waals surface area contributed by atoms with Gasteiger partial charge in [0, 0.05) is 13.0 Å². The molecule has 1 amide bonds. The fraction of sp³-hybridized carbons (Fsp3) is 0.529. The van der Waals surface area contributed by atoms with Crippen molar-refractivity contribution in [3.8, 4) is 11.5 Å². The molecule has 0 aliphatic carbocycles. The van der Waals surface area contributed by atoms with Crippen LogP contribution < -0.4 is 14.8 Å². The average molecular weight is 385 g/mol. The lowest BCUT2D eigenvalue weighted by molar-refractivity contribution is -0.149. The van der Waals surface area contributed by atoms with Gasteiger partial charge in [-0.1, -0.05) is 6.07 Å². The second-order valence-corrected chi connectivity index (χ2v) is 8.33. The molecule has 0 radical (unpaired) electrons. The third-order valence-corrected chi connectivity index (χ3v) is 5.92. The number of ether oxygens (including phenoxy) is 3. The lowest BCUT2D eigenvalue weighted by Gasteiger charge is -2.11. The summed E-state index contributed by atoms with van der Waals surface area (Å²) in [7, 11) is 0.0307. The Balaban J connectivity index is 1.73. The minimum atomic E-state index is -3.03. The van der Waals surface area contributed by atoms with Crippen LogP contribution in [-0.2, 0) is 30.7 Å². The maximum Gasteiger partial charge on any atom is 0.306 e. The highest BCUT2D eigenvalue weighted by Crippen LogP contribution is 2.27. The van der Waals surface area contributed by atoms with Crippen LogP contribution in [0, 0.1) is 5.92 Å². The molecule has 0 saturated carbocycles. The molecule has 1 aromatic carbocycles. The topological polar surface area (TPSA) is 108 Å². The van der Waals surface area contributed by atoms with Crippen LogP contribution in [0.2, 0.25) is 0 Å². The Labute approximate surface area is 152 Å². The Hall–Kier alpha value is -2.29. The molecular formula is C17H23NO7S. The zero-order valence-electron chi connectivity index (χ0n) is 14.8. The van der Waals surface area contributed by atoms with Crippen LogP contribution >= 0.6 is 0 Å². The number of rotatable bonds is 8. The third-order valence-electron chi connectivity index (χ3n) is 4.08. The van der Waals surface area contributed by atoms with E-state index in [2.05, 4.69) is 5.32 Å². The number of amides is 1. The number of sulfone groups is 1. The minimum Gasteiger partial charge on any atom is -0.493 e. The quantitative estimate of drug-likeness (QED) is 0.656. The number of carbonyl (C=O) groups is 2. The van der Waals surface area contributed by atoms with Crippen LogP contribution in [0.3, 0.4) is 0 Å². The van der Waals surface area contributed by atoms with Crippen LogP contribution in [0.1, 0.15) is 18.4 Å². The smallest absolute Gasteiger partial charge is 0.306 e. The molecule has 1 heterocycles. The van der Waals surface area contributed by atoms with E-state index in [1.807, 2.05) is 0 Å². The van der Waals surface area contributed by atoms with E-state index in [0.29, 0.717) is 17.9 Å². The summed E-state index contributed by atoms with van der Waals surface area (Å²) in [6.45, 7) is -0.150. The minimum absolute atomic E-state index is 0.00754. The molecule has 0 bridgehead atoms. The van der Waals surface area contributed by atoms with E-state index in [1.54, 1.807) is 18.2 Å². The van der Waals surface area contributed by atoms with Gasteiger partial charge in [0.25, 0.3) is 5.91 Å². The van der Waals surface area contributed by atoms with Crippen LogP contribution in [-0.4, -0.2) is 52.6 Å². The van der Waals surface area contributed by atoms with E-state index in [-0.39, 0.29) is 30.4 Å². The standard InChI is InChI=1S/C17H23NO7S/c1-23-14-4-3-12(7-15(14)24-2)9-18-16(19)10-25-17(20)8-13-5-6-26(21,22)11-13/h3-4,7,13H,5-6,8-11H2,1-2H3,(H,18,19)/t13-/m1/s1. The number of benzene rings is 1. The molecule has 1 atom stereocenters. The number of carbonyl (C=O) groups excluding carboxylic acids is 2. The summed E-state index contributed by atoms with van der Waals surface area (Å²) >= 11 is 0. The molecule has 2 rings (SSSR count). The van der Waals surface area contributed by atoms with Gasteiger partial charge >= 0.3 is 5.97 Å². The van der Waals surface area contributed by atoms with Crippen molar-refractivity contribution in [2.45, 2.75) is 19.4 Å². The van der Waals surface area contributed by atoms with Crippen molar-refractivity contribution in [2.75, 3.05) is 32.3 Å². The molecule has 0 unspecified atom stereocenters. The first-order valence-electron chi connectivity index (χ1n) is 8.16. The second kappa shape index (κ2) is 8.88. The summed E-state index contributed by atoms with van der Waals surface area (Å²) in [4.78, 5) is 23.5. The van der Waals surface area contributed by atoms with Gasteiger partial charge in [-0.2, -0.15) is 0 Å². The van der Waals surface area contributed by atoms with Gasteiger partial charge in [-0.3, -0.25) is 9.59 Å². The van der Waals surface area contributed by atoms with Gasteiger partial charge in [-0.25, -0.2) is 8.42 Å². The fourth-order valence-corrected chi connectivity index (χ4v) is 4.58. The summed E-state index contributed by atoms with van der Waals surface area (Å²) < 4.78 is 38.0. The van der Waals surface area contributed by atoms with Gasteiger partial charge in [0.1, 0.15) is 0 Å². The van der Waals surface area contributed by atoms with E-state index >= 15 is 0 Å².